The van der Waals surface area contributed by atoms with Crippen molar-refractivity contribution in [1.29, 1.82) is 0 Å². The second-order valence-corrected chi connectivity index (χ2v) is 4.91. The molecule has 0 aliphatic rings. The van der Waals surface area contributed by atoms with Crippen molar-refractivity contribution in [3.63, 3.8) is 0 Å². The lowest BCUT2D eigenvalue weighted by Gasteiger charge is -2.09. The van der Waals surface area contributed by atoms with Crippen molar-refractivity contribution in [3.8, 4) is 0 Å². The number of imidazole rings is 1. The Kier molecular flexibility index (Phi) is 4.33. The molecule has 0 aliphatic heterocycles. The highest BCUT2D eigenvalue weighted by Gasteiger charge is 2.05. The van der Waals surface area contributed by atoms with Crippen molar-refractivity contribution >= 4 is 11.0 Å². The van der Waals surface area contributed by atoms with Crippen molar-refractivity contribution in [2.24, 2.45) is 7.05 Å². The van der Waals surface area contributed by atoms with Gasteiger partial charge in [-0.2, -0.15) is 0 Å². The number of aryl methyl sites for hydroxylation is 1. The fourth-order valence-electron chi connectivity index (χ4n) is 2.07. The molecule has 2 aromatic rings. The molecule has 4 nitrogen and oxygen atoms in total. The minimum absolute atomic E-state index is 0.832. The summed E-state index contributed by atoms with van der Waals surface area (Å²) in [5.74, 6) is 1.10. The number of aromatic nitrogens is 2. The fourth-order valence-corrected chi connectivity index (χ4v) is 2.07. The van der Waals surface area contributed by atoms with Crippen LogP contribution >= 0.6 is 0 Å². The van der Waals surface area contributed by atoms with E-state index in [9.17, 15) is 0 Å². The van der Waals surface area contributed by atoms with Crippen LogP contribution in [0.3, 0.4) is 0 Å². The molecule has 4 heteroatoms. The SMILES string of the molecule is CN(C)CCCNCc1nc2ccccc2n1C. The zero-order chi connectivity index (χ0) is 13.0. The molecule has 0 fully saturated rings. The Hall–Kier alpha value is -1.39. The standard InChI is InChI=1S/C14H22N4/c1-17(2)10-6-9-15-11-14-16-12-7-4-5-8-13(12)18(14)3/h4-5,7-8,15H,6,9-11H2,1-3H3. The number of nitrogens with zero attached hydrogens (tertiary/aromatic N) is 3. The maximum absolute atomic E-state index is 4.64. The van der Waals surface area contributed by atoms with Crippen LogP contribution in [-0.4, -0.2) is 41.6 Å². The first kappa shape index (κ1) is 13.1. The summed E-state index contributed by atoms with van der Waals surface area (Å²) in [5.41, 5.74) is 2.27. The highest BCUT2D eigenvalue weighted by molar-refractivity contribution is 5.75. The minimum Gasteiger partial charge on any atom is -0.330 e. The molecule has 1 heterocycles. The van der Waals surface area contributed by atoms with Crippen LogP contribution in [0, 0.1) is 0 Å². The van der Waals surface area contributed by atoms with Crippen LogP contribution < -0.4 is 5.32 Å². The Morgan fingerprint density at radius 1 is 1.28 bits per heavy atom. The molecular formula is C14H22N4. The molecule has 0 aliphatic carbocycles. The van der Waals surface area contributed by atoms with Crippen LogP contribution in [0.5, 0.6) is 0 Å². The fraction of sp³-hybridized carbons (Fsp3) is 0.500. The van der Waals surface area contributed by atoms with Crippen LogP contribution in [0.1, 0.15) is 12.2 Å². The van der Waals surface area contributed by atoms with Gasteiger partial charge in [0.25, 0.3) is 0 Å². The summed E-state index contributed by atoms with van der Waals surface area (Å²) in [5, 5.41) is 3.45. The molecule has 0 bridgehead atoms. The molecule has 1 aromatic carbocycles. The predicted octanol–water partition coefficient (Wildman–Crippen LogP) is 1.61. The topological polar surface area (TPSA) is 33.1 Å². The second kappa shape index (κ2) is 5.98. The quantitative estimate of drug-likeness (QED) is 0.786. The molecule has 0 saturated heterocycles. The summed E-state index contributed by atoms with van der Waals surface area (Å²) in [6, 6.07) is 8.25. The summed E-state index contributed by atoms with van der Waals surface area (Å²) < 4.78 is 2.16. The van der Waals surface area contributed by atoms with Crippen LogP contribution in [0.15, 0.2) is 24.3 Å². The van der Waals surface area contributed by atoms with E-state index in [1.54, 1.807) is 0 Å². The number of hydrogen-bond acceptors (Lipinski definition) is 3. The predicted molar refractivity (Wildman–Crippen MR) is 75.6 cm³/mol. The number of para-hydroxylation sites is 2. The van der Waals surface area contributed by atoms with E-state index in [2.05, 4.69) is 59.1 Å². The summed E-state index contributed by atoms with van der Waals surface area (Å²) in [6.07, 6.45) is 1.16. The Balaban J connectivity index is 1.90. The molecule has 0 saturated carbocycles. The summed E-state index contributed by atoms with van der Waals surface area (Å²) in [4.78, 5) is 6.84. The van der Waals surface area contributed by atoms with E-state index in [0.29, 0.717) is 0 Å². The third-order valence-corrected chi connectivity index (χ3v) is 3.12. The van der Waals surface area contributed by atoms with E-state index in [1.807, 2.05) is 6.07 Å². The molecular weight excluding hydrogens is 224 g/mol. The number of rotatable bonds is 6. The molecule has 2 rings (SSSR count). The lowest BCUT2D eigenvalue weighted by molar-refractivity contribution is 0.393. The zero-order valence-electron chi connectivity index (χ0n) is 11.5. The van der Waals surface area contributed by atoms with E-state index in [4.69, 9.17) is 0 Å². The van der Waals surface area contributed by atoms with Crippen LogP contribution in [0.2, 0.25) is 0 Å². The zero-order valence-corrected chi connectivity index (χ0v) is 11.5. The van der Waals surface area contributed by atoms with Crippen LogP contribution in [0.25, 0.3) is 11.0 Å². The Bertz CT molecular complexity index is 501. The second-order valence-electron chi connectivity index (χ2n) is 4.91. The van der Waals surface area contributed by atoms with Crippen molar-refractivity contribution in [2.45, 2.75) is 13.0 Å². The van der Waals surface area contributed by atoms with Gasteiger partial charge in [-0.25, -0.2) is 4.98 Å². The Labute approximate surface area is 109 Å². The monoisotopic (exact) mass is 246 g/mol. The first-order chi connectivity index (χ1) is 8.68. The summed E-state index contributed by atoms with van der Waals surface area (Å²) in [6.45, 7) is 2.98. The average molecular weight is 246 g/mol. The smallest absolute Gasteiger partial charge is 0.123 e. The molecule has 0 spiro atoms. The summed E-state index contributed by atoms with van der Waals surface area (Å²) in [7, 11) is 6.28. The molecule has 0 radical (unpaired) electrons. The van der Waals surface area contributed by atoms with Crippen molar-refractivity contribution < 1.29 is 0 Å². The maximum Gasteiger partial charge on any atom is 0.123 e. The number of hydrogen-bond donors (Lipinski definition) is 1. The summed E-state index contributed by atoms with van der Waals surface area (Å²) >= 11 is 0. The van der Waals surface area contributed by atoms with Gasteiger partial charge in [-0.3, -0.25) is 0 Å². The van der Waals surface area contributed by atoms with Gasteiger partial charge in [0.05, 0.1) is 17.6 Å². The van der Waals surface area contributed by atoms with Crippen LogP contribution in [0.4, 0.5) is 0 Å². The van der Waals surface area contributed by atoms with Gasteiger partial charge >= 0.3 is 0 Å². The molecule has 0 unspecified atom stereocenters. The minimum atomic E-state index is 0.832. The first-order valence-electron chi connectivity index (χ1n) is 6.44. The Morgan fingerprint density at radius 3 is 2.78 bits per heavy atom. The highest BCUT2D eigenvalue weighted by Crippen LogP contribution is 2.13. The van der Waals surface area contributed by atoms with Gasteiger partial charge in [0, 0.05) is 7.05 Å². The number of fused-ring (bicyclic) bond motifs is 1. The highest BCUT2D eigenvalue weighted by atomic mass is 15.1. The van der Waals surface area contributed by atoms with E-state index in [0.717, 1.165) is 37.4 Å². The average Bonchev–Trinajstić information content (AvgIpc) is 2.66. The number of nitrogens with one attached hydrogen (secondary N) is 1. The van der Waals surface area contributed by atoms with Crippen molar-refractivity contribution in [3.05, 3.63) is 30.1 Å². The molecule has 18 heavy (non-hydrogen) atoms. The van der Waals surface area contributed by atoms with Gasteiger partial charge in [0.1, 0.15) is 5.82 Å². The number of benzene rings is 1. The lowest BCUT2D eigenvalue weighted by atomic mass is 10.3. The van der Waals surface area contributed by atoms with Crippen molar-refractivity contribution in [1.82, 2.24) is 19.8 Å². The van der Waals surface area contributed by atoms with Crippen LogP contribution in [-0.2, 0) is 13.6 Å². The largest absolute Gasteiger partial charge is 0.330 e. The third kappa shape index (κ3) is 3.09. The molecule has 0 amide bonds. The normalized spacial score (nSPS) is 11.6. The van der Waals surface area contributed by atoms with Gasteiger partial charge in [0.15, 0.2) is 0 Å². The van der Waals surface area contributed by atoms with Gasteiger partial charge in [-0.15, -0.1) is 0 Å². The first-order valence-corrected chi connectivity index (χ1v) is 6.44. The van der Waals surface area contributed by atoms with Gasteiger partial charge in [-0.1, -0.05) is 12.1 Å². The lowest BCUT2D eigenvalue weighted by Crippen LogP contribution is -2.22. The molecule has 98 valence electrons. The maximum atomic E-state index is 4.64. The van der Waals surface area contributed by atoms with E-state index >= 15 is 0 Å². The Morgan fingerprint density at radius 2 is 2.06 bits per heavy atom. The van der Waals surface area contributed by atoms with E-state index < -0.39 is 0 Å². The third-order valence-electron chi connectivity index (χ3n) is 3.12. The molecule has 1 aromatic heterocycles. The van der Waals surface area contributed by atoms with Gasteiger partial charge in [-0.05, 0) is 45.7 Å². The van der Waals surface area contributed by atoms with Crippen molar-refractivity contribution in [2.75, 3.05) is 27.2 Å². The molecule has 0 atom stereocenters. The van der Waals surface area contributed by atoms with E-state index in [-0.39, 0.29) is 0 Å². The molecule has 1 N–H and O–H groups in total. The van der Waals surface area contributed by atoms with E-state index in [1.165, 1.54) is 5.52 Å². The van der Waals surface area contributed by atoms with Gasteiger partial charge in [0.2, 0.25) is 0 Å². The van der Waals surface area contributed by atoms with Gasteiger partial charge < -0.3 is 14.8 Å².